The Hall–Kier alpha value is -1.30. The van der Waals surface area contributed by atoms with E-state index in [9.17, 15) is 0 Å². The van der Waals surface area contributed by atoms with Crippen molar-refractivity contribution in [2.45, 2.75) is 39.9 Å². The highest BCUT2D eigenvalue weighted by atomic mass is 32.1. The molecular weight excluding hydrogens is 280 g/mol. The summed E-state index contributed by atoms with van der Waals surface area (Å²) in [5, 5.41) is 3.39. The average molecular weight is 304 g/mol. The molecule has 0 bridgehead atoms. The van der Waals surface area contributed by atoms with Crippen molar-refractivity contribution in [3.8, 4) is 0 Å². The van der Waals surface area contributed by atoms with Crippen LogP contribution in [0.1, 0.15) is 35.2 Å². The zero-order valence-electron chi connectivity index (χ0n) is 13.1. The number of rotatable bonds is 8. The van der Waals surface area contributed by atoms with Crippen LogP contribution in [0.2, 0.25) is 0 Å². The number of aromatic nitrogens is 2. The van der Waals surface area contributed by atoms with Crippen LogP contribution in [0.25, 0.3) is 0 Å². The quantitative estimate of drug-likeness (QED) is 0.761. The molecule has 1 N–H and O–H groups in total. The van der Waals surface area contributed by atoms with E-state index in [0.717, 1.165) is 44.0 Å². The van der Waals surface area contributed by atoms with Gasteiger partial charge in [0.15, 0.2) is 0 Å². The van der Waals surface area contributed by atoms with E-state index in [1.54, 1.807) is 11.3 Å². The second-order valence-corrected chi connectivity index (χ2v) is 6.31. The molecule has 5 heteroatoms. The van der Waals surface area contributed by atoms with Crippen molar-refractivity contribution in [2.75, 3.05) is 13.6 Å². The summed E-state index contributed by atoms with van der Waals surface area (Å²) in [6.07, 6.45) is 3.14. The van der Waals surface area contributed by atoms with Crippen LogP contribution in [-0.2, 0) is 19.6 Å². The first kappa shape index (κ1) is 16.1. The minimum Gasteiger partial charge on any atom is -0.313 e. The summed E-state index contributed by atoms with van der Waals surface area (Å²) in [4.78, 5) is 12.5. The number of nitrogens with one attached hydrogen (secondary N) is 1. The molecule has 0 amide bonds. The molecule has 0 aliphatic carbocycles. The Morgan fingerprint density at radius 1 is 1.24 bits per heavy atom. The largest absolute Gasteiger partial charge is 0.313 e. The van der Waals surface area contributed by atoms with Gasteiger partial charge in [-0.3, -0.25) is 9.88 Å². The number of hydrogen-bond acceptors (Lipinski definition) is 5. The minimum absolute atomic E-state index is 0.861. The van der Waals surface area contributed by atoms with Gasteiger partial charge in [0, 0.05) is 30.7 Å². The molecule has 4 nitrogen and oxygen atoms in total. The third-order valence-electron chi connectivity index (χ3n) is 3.33. The van der Waals surface area contributed by atoms with E-state index in [1.807, 2.05) is 11.7 Å². The van der Waals surface area contributed by atoms with E-state index >= 15 is 0 Å². The predicted molar refractivity (Wildman–Crippen MR) is 88.3 cm³/mol. The first-order valence-corrected chi connectivity index (χ1v) is 8.29. The molecule has 2 aromatic rings. The zero-order valence-corrected chi connectivity index (χ0v) is 13.9. The third kappa shape index (κ3) is 5.19. The second-order valence-electron chi connectivity index (χ2n) is 5.37. The van der Waals surface area contributed by atoms with Crippen LogP contribution < -0.4 is 5.32 Å². The van der Waals surface area contributed by atoms with Crippen LogP contribution in [0.15, 0.2) is 23.8 Å². The van der Waals surface area contributed by atoms with E-state index in [4.69, 9.17) is 0 Å². The molecule has 0 spiro atoms. The monoisotopic (exact) mass is 304 g/mol. The highest BCUT2D eigenvalue weighted by Gasteiger charge is 2.07. The first-order valence-electron chi connectivity index (χ1n) is 7.41. The standard InChI is InChI=1S/C16H24N4S/c1-4-7-17-8-14-5-6-15(18-9-14)10-20(3)11-16-13(2)19-12-21-16/h5-6,9,12,17H,4,7-8,10-11H2,1-3H3. The summed E-state index contributed by atoms with van der Waals surface area (Å²) in [6, 6.07) is 4.29. The van der Waals surface area contributed by atoms with Crippen molar-refractivity contribution < 1.29 is 0 Å². The molecule has 114 valence electrons. The van der Waals surface area contributed by atoms with Crippen molar-refractivity contribution in [3.05, 3.63) is 45.7 Å². The number of pyridine rings is 1. The van der Waals surface area contributed by atoms with E-state index in [0.29, 0.717) is 0 Å². The Bertz CT molecular complexity index is 535. The Labute approximate surface area is 131 Å². The van der Waals surface area contributed by atoms with Crippen LogP contribution in [-0.4, -0.2) is 28.5 Å². The Morgan fingerprint density at radius 3 is 2.71 bits per heavy atom. The van der Waals surface area contributed by atoms with E-state index in [-0.39, 0.29) is 0 Å². The van der Waals surface area contributed by atoms with Crippen molar-refractivity contribution in [1.29, 1.82) is 0 Å². The van der Waals surface area contributed by atoms with E-state index < -0.39 is 0 Å². The van der Waals surface area contributed by atoms with Crippen molar-refractivity contribution in [1.82, 2.24) is 20.2 Å². The van der Waals surface area contributed by atoms with Crippen molar-refractivity contribution >= 4 is 11.3 Å². The molecule has 2 aromatic heterocycles. The molecule has 0 saturated carbocycles. The fraction of sp³-hybridized carbons (Fsp3) is 0.500. The molecule has 0 atom stereocenters. The lowest BCUT2D eigenvalue weighted by molar-refractivity contribution is 0.317. The molecule has 0 radical (unpaired) electrons. The summed E-state index contributed by atoms with van der Waals surface area (Å²) < 4.78 is 0. The molecule has 0 fully saturated rings. The van der Waals surface area contributed by atoms with Gasteiger partial charge in [-0.25, -0.2) is 4.98 Å². The molecule has 2 heterocycles. The summed E-state index contributed by atoms with van der Waals surface area (Å²) >= 11 is 1.72. The summed E-state index contributed by atoms with van der Waals surface area (Å²) in [7, 11) is 2.12. The number of nitrogens with zero attached hydrogens (tertiary/aromatic N) is 3. The summed E-state index contributed by atoms with van der Waals surface area (Å²) in [5.41, 5.74) is 5.40. The van der Waals surface area contributed by atoms with Gasteiger partial charge in [-0.1, -0.05) is 13.0 Å². The number of aryl methyl sites for hydroxylation is 1. The highest BCUT2D eigenvalue weighted by Crippen LogP contribution is 2.15. The van der Waals surface area contributed by atoms with Gasteiger partial charge in [0.1, 0.15) is 0 Å². The maximum absolute atomic E-state index is 4.56. The fourth-order valence-electron chi connectivity index (χ4n) is 2.12. The van der Waals surface area contributed by atoms with Crippen LogP contribution >= 0.6 is 11.3 Å². The van der Waals surface area contributed by atoms with E-state index in [1.165, 1.54) is 10.4 Å². The number of hydrogen-bond donors (Lipinski definition) is 1. The molecule has 2 rings (SSSR count). The van der Waals surface area contributed by atoms with Gasteiger partial charge in [0.25, 0.3) is 0 Å². The molecule has 0 aromatic carbocycles. The first-order chi connectivity index (χ1) is 10.2. The van der Waals surface area contributed by atoms with Gasteiger partial charge in [0.2, 0.25) is 0 Å². The van der Waals surface area contributed by atoms with Crippen molar-refractivity contribution in [2.24, 2.45) is 0 Å². The van der Waals surface area contributed by atoms with Gasteiger partial charge >= 0.3 is 0 Å². The average Bonchev–Trinajstić information content (AvgIpc) is 2.86. The van der Waals surface area contributed by atoms with Gasteiger partial charge in [-0.05, 0) is 38.6 Å². The summed E-state index contributed by atoms with van der Waals surface area (Å²) in [6.45, 7) is 7.98. The second kappa shape index (κ2) is 8.22. The van der Waals surface area contributed by atoms with E-state index in [2.05, 4.69) is 53.2 Å². The van der Waals surface area contributed by atoms with Gasteiger partial charge in [-0.2, -0.15) is 0 Å². The third-order valence-corrected chi connectivity index (χ3v) is 4.25. The lowest BCUT2D eigenvalue weighted by Crippen LogP contribution is -2.18. The lowest BCUT2D eigenvalue weighted by Gasteiger charge is -2.15. The lowest BCUT2D eigenvalue weighted by atomic mass is 10.2. The maximum atomic E-state index is 4.56. The topological polar surface area (TPSA) is 41.0 Å². The highest BCUT2D eigenvalue weighted by molar-refractivity contribution is 7.09. The van der Waals surface area contributed by atoms with Gasteiger partial charge in [0.05, 0.1) is 16.9 Å². The Balaban J connectivity index is 1.83. The molecule has 21 heavy (non-hydrogen) atoms. The summed E-state index contributed by atoms with van der Waals surface area (Å²) in [5.74, 6) is 0. The molecule has 0 unspecified atom stereocenters. The van der Waals surface area contributed by atoms with Crippen molar-refractivity contribution in [3.63, 3.8) is 0 Å². The Kier molecular flexibility index (Phi) is 6.29. The maximum Gasteiger partial charge on any atom is 0.0798 e. The fourth-order valence-corrected chi connectivity index (χ4v) is 2.97. The smallest absolute Gasteiger partial charge is 0.0798 e. The van der Waals surface area contributed by atoms with Crippen LogP contribution in [0, 0.1) is 6.92 Å². The molecule has 0 saturated heterocycles. The SMILES string of the molecule is CCCNCc1ccc(CN(C)Cc2scnc2C)nc1. The predicted octanol–water partition coefficient (Wildman–Crippen LogP) is 2.98. The zero-order chi connectivity index (χ0) is 15.1. The van der Waals surface area contributed by atoms with Crippen LogP contribution in [0.5, 0.6) is 0 Å². The van der Waals surface area contributed by atoms with Crippen LogP contribution in [0.3, 0.4) is 0 Å². The normalized spacial score (nSPS) is 11.2. The molecular formula is C16H24N4S. The molecule has 0 aliphatic rings. The number of thiazole rings is 1. The van der Waals surface area contributed by atoms with Crippen LogP contribution in [0.4, 0.5) is 0 Å². The molecule has 0 aliphatic heterocycles. The van der Waals surface area contributed by atoms with Gasteiger partial charge in [-0.15, -0.1) is 11.3 Å². The minimum atomic E-state index is 0.861. The van der Waals surface area contributed by atoms with Gasteiger partial charge < -0.3 is 5.32 Å². The Morgan fingerprint density at radius 2 is 2.10 bits per heavy atom.